The molecule has 0 bridgehead atoms. The Morgan fingerprint density at radius 3 is 2.32 bits per heavy atom. The van der Waals surface area contributed by atoms with E-state index in [0.717, 1.165) is 28.6 Å². The van der Waals surface area contributed by atoms with Crippen LogP contribution in [0.4, 0.5) is 0 Å². The Labute approximate surface area is 153 Å². The van der Waals surface area contributed by atoms with Gasteiger partial charge in [-0.05, 0) is 36.0 Å². The molecule has 7 heteroatoms. The summed E-state index contributed by atoms with van der Waals surface area (Å²) in [7, 11) is 0. The van der Waals surface area contributed by atoms with Crippen molar-refractivity contribution in [3.8, 4) is 0 Å². The van der Waals surface area contributed by atoms with E-state index in [0.29, 0.717) is 16.0 Å². The zero-order chi connectivity index (χ0) is 17.8. The first kappa shape index (κ1) is 17.1. The average Bonchev–Trinajstić information content (AvgIpc) is 2.90. The van der Waals surface area contributed by atoms with Gasteiger partial charge in [0.05, 0.1) is 4.91 Å². The van der Waals surface area contributed by atoms with Crippen molar-refractivity contribution in [3.63, 3.8) is 0 Å². The van der Waals surface area contributed by atoms with Crippen molar-refractivity contribution in [2.75, 3.05) is 0 Å². The lowest BCUT2D eigenvalue weighted by Crippen LogP contribution is -2.44. The van der Waals surface area contributed by atoms with Crippen LogP contribution in [0, 0.1) is 0 Å². The van der Waals surface area contributed by atoms with Crippen LogP contribution in [0.2, 0.25) is 0 Å². The number of thiocarbonyl (C=S) groups is 1. The van der Waals surface area contributed by atoms with Crippen LogP contribution in [0.25, 0.3) is 6.08 Å². The van der Waals surface area contributed by atoms with Crippen molar-refractivity contribution < 1.29 is 14.4 Å². The second-order valence-electron chi connectivity index (χ2n) is 5.11. The molecule has 1 fully saturated rings. The number of hydrogen-bond donors (Lipinski definition) is 1. The lowest BCUT2D eigenvalue weighted by Gasteiger charge is -2.15. The van der Waals surface area contributed by atoms with Crippen molar-refractivity contribution in [1.82, 2.24) is 10.4 Å². The molecule has 5 nitrogen and oxygen atoms in total. The van der Waals surface area contributed by atoms with Gasteiger partial charge >= 0.3 is 0 Å². The molecule has 1 saturated heterocycles. The summed E-state index contributed by atoms with van der Waals surface area (Å²) in [6.45, 7) is 0. The molecular formula is C18H12N2O3S2. The van der Waals surface area contributed by atoms with E-state index >= 15 is 0 Å². The number of nitrogens with one attached hydrogen (secondary N) is 1. The van der Waals surface area contributed by atoms with Gasteiger partial charge in [-0.1, -0.05) is 54.2 Å². The number of hydrazine groups is 1. The van der Waals surface area contributed by atoms with Gasteiger partial charge in [0, 0.05) is 11.1 Å². The Morgan fingerprint density at radius 2 is 1.68 bits per heavy atom. The zero-order valence-corrected chi connectivity index (χ0v) is 14.5. The molecular weight excluding hydrogens is 356 g/mol. The number of nitrogens with zero attached hydrogens (tertiary/aromatic N) is 1. The Balaban J connectivity index is 1.76. The van der Waals surface area contributed by atoms with E-state index in [-0.39, 0.29) is 4.32 Å². The minimum atomic E-state index is -0.409. The van der Waals surface area contributed by atoms with Crippen LogP contribution in [0.5, 0.6) is 0 Å². The zero-order valence-electron chi connectivity index (χ0n) is 12.8. The second kappa shape index (κ2) is 7.42. The molecule has 1 N–H and O–H groups in total. The first-order valence-corrected chi connectivity index (χ1v) is 8.50. The fourth-order valence-electron chi connectivity index (χ4n) is 2.14. The number of carbonyl (C=O) groups is 3. The summed E-state index contributed by atoms with van der Waals surface area (Å²) in [5.74, 6) is -0.799. The molecule has 2 amide bonds. The molecule has 0 spiro atoms. The van der Waals surface area contributed by atoms with Crippen molar-refractivity contribution in [1.29, 1.82) is 0 Å². The summed E-state index contributed by atoms with van der Waals surface area (Å²) < 4.78 is 0.255. The molecule has 1 aliphatic heterocycles. The number of benzene rings is 2. The third-order valence-corrected chi connectivity index (χ3v) is 4.72. The minimum Gasteiger partial charge on any atom is -0.298 e. The fourth-order valence-corrected chi connectivity index (χ4v) is 3.32. The average molecular weight is 368 g/mol. The molecule has 0 aromatic heterocycles. The first-order chi connectivity index (χ1) is 12.1. The number of amides is 2. The van der Waals surface area contributed by atoms with Crippen molar-refractivity contribution in [2.24, 2.45) is 0 Å². The molecule has 3 rings (SSSR count). The van der Waals surface area contributed by atoms with Crippen LogP contribution in [-0.2, 0) is 4.79 Å². The number of thioether (sulfide) groups is 1. The van der Waals surface area contributed by atoms with E-state index in [2.05, 4.69) is 5.43 Å². The summed E-state index contributed by atoms with van der Waals surface area (Å²) in [5.41, 5.74) is 4.28. The van der Waals surface area contributed by atoms with Gasteiger partial charge in [-0.15, -0.1) is 0 Å². The van der Waals surface area contributed by atoms with Gasteiger partial charge < -0.3 is 0 Å². The molecule has 2 aromatic carbocycles. The molecule has 124 valence electrons. The van der Waals surface area contributed by atoms with Crippen LogP contribution in [-0.4, -0.2) is 27.4 Å². The Hall–Kier alpha value is -2.77. The Kier molecular flexibility index (Phi) is 5.06. The van der Waals surface area contributed by atoms with Crippen LogP contribution in [0.15, 0.2) is 59.5 Å². The van der Waals surface area contributed by atoms with E-state index in [4.69, 9.17) is 12.2 Å². The topological polar surface area (TPSA) is 66.5 Å². The normalized spacial score (nSPS) is 15.5. The van der Waals surface area contributed by atoms with Gasteiger partial charge in [0.15, 0.2) is 4.32 Å². The Morgan fingerprint density at radius 1 is 1.04 bits per heavy atom. The van der Waals surface area contributed by atoms with Crippen LogP contribution < -0.4 is 5.43 Å². The monoisotopic (exact) mass is 368 g/mol. The van der Waals surface area contributed by atoms with Gasteiger partial charge in [0.1, 0.15) is 6.29 Å². The molecule has 0 atom stereocenters. The summed E-state index contributed by atoms with van der Waals surface area (Å²) >= 11 is 6.29. The van der Waals surface area contributed by atoms with E-state index in [1.165, 1.54) is 0 Å². The lowest BCUT2D eigenvalue weighted by molar-refractivity contribution is -0.123. The highest BCUT2D eigenvalue weighted by Crippen LogP contribution is 2.31. The van der Waals surface area contributed by atoms with Crippen molar-refractivity contribution >= 4 is 52.5 Å². The van der Waals surface area contributed by atoms with E-state index in [1.807, 2.05) is 0 Å². The van der Waals surface area contributed by atoms with Gasteiger partial charge in [-0.25, -0.2) is 0 Å². The lowest BCUT2D eigenvalue weighted by atomic mass is 10.1. The van der Waals surface area contributed by atoms with Gasteiger partial charge in [0.25, 0.3) is 11.8 Å². The smallest absolute Gasteiger partial charge is 0.285 e. The minimum absolute atomic E-state index is 0.255. The maximum atomic E-state index is 12.5. The first-order valence-electron chi connectivity index (χ1n) is 7.28. The molecule has 0 radical (unpaired) electrons. The van der Waals surface area contributed by atoms with Crippen LogP contribution in [0.1, 0.15) is 26.3 Å². The van der Waals surface area contributed by atoms with Crippen molar-refractivity contribution in [2.45, 2.75) is 0 Å². The quantitative estimate of drug-likeness (QED) is 0.510. The molecule has 1 heterocycles. The fraction of sp³-hybridized carbons (Fsp3) is 0. The molecule has 1 aliphatic rings. The largest absolute Gasteiger partial charge is 0.298 e. The summed E-state index contributed by atoms with van der Waals surface area (Å²) in [4.78, 5) is 35.8. The molecule has 0 aliphatic carbocycles. The van der Waals surface area contributed by atoms with E-state index in [1.54, 1.807) is 60.7 Å². The van der Waals surface area contributed by atoms with Gasteiger partial charge in [-0.2, -0.15) is 5.01 Å². The maximum Gasteiger partial charge on any atom is 0.285 e. The van der Waals surface area contributed by atoms with E-state index < -0.39 is 11.8 Å². The Bertz CT molecular complexity index is 877. The van der Waals surface area contributed by atoms with Gasteiger partial charge in [-0.3, -0.25) is 19.8 Å². The molecule has 2 aromatic rings. The molecule has 0 unspecified atom stereocenters. The van der Waals surface area contributed by atoms with Gasteiger partial charge in [0.2, 0.25) is 0 Å². The predicted octanol–water partition coefficient (Wildman–Crippen LogP) is 3.05. The van der Waals surface area contributed by atoms with Crippen molar-refractivity contribution in [3.05, 3.63) is 76.2 Å². The number of hydrogen-bond acceptors (Lipinski definition) is 5. The maximum absolute atomic E-state index is 12.5. The number of carbonyl (C=O) groups excluding carboxylic acids is 3. The summed E-state index contributed by atoms with van der Waals surface area (Å²) in [6, 6.07) is 15.4. The third-order valence-electron chi connectivity index (χ3n) is 3.41. The third kappa shape index (κ3) is 3.84. The van der Waals surface area contributed by atoms with Crippen LogP contribution in [0.3, 0.4) is 0 Å². The number of rotatable bonds is 4. The van der Waals surface area contributed by atoms with Crippen LogP contribution >= 0.6 is 24.0 Å². The SMILES string of the molecule is O=Cc1ccc(C=C2SC(=S)N(NC(=O)c3ccccc3)C2=O)cc1. The standard InChI is InChI=1S/C18H12N2O3S2/c21-11-13-8-6-12(7-9-13)10-15-17(23)20(18(24)25-15)19-16(22)14-4-2-1-3-5-14/h1-11H,(H,19,22). The highest BCUT2D eigenvalue weighted by Gasteiger charge is 2.33. The molecule has 25 heavy (non-hydrogen) atoms. The highest BCUT2D eigenvalue weighted by molar-refractivity contribution is 8.26. The second-order valence-corrected chi connectivity index (χ2v) is 6.78. The summed E-state index contributed by atoms with van der Waals surface area (Å²) in [5, 5.41) is 1.07. The van der Waals surface area contributed by atoms with E-state index in [9.17, 15) is 14.4 Å². The molecule has 0 saturated carbocycles. The predicted molar refractivity (Wildman–Crippen MR) is 101 cm³/mol. The summed E-state index contributed by atoms with van der Waals surface area (Å²) in [6.07, 6.45) is 2.42. The number of aldehydes is 1. The highest BCUT2D eigenvalue weighted by atomic mass is 32.2.